The zero-order valence-corrected chi connectivity index (χ0v) is 13.5. The monoisotopic (exact) mass is 297 g/mol. The van der Waals surface area contributed by atoms with Gasteiger partial charge in [0.05, 0.1) is 18.5 Å². The fraction of sp³-hybridized carbons (Fsp3) is 0.444. The third kappa shape index (κ3) is 3.06. The van der Waals surface area contributed by atoms with E-state index in [-0.39, 0.29) is 0 Å². The van der Waals surface area contributed by atoms with Gasteiger partial charge in [0.1, 0.15) is 11.6 Å². The molecular weight excluding hydrogens is 274 g/mol. The van der Waals surface area contributed by atoms with Crippen molar-refractivity contribution < 1.29 is 4.74 Å². The van der Waals surface area contributed by atoms with Crippen LogP contribution in [0.3, 0.4) is 0 Å². The Bertz CT molecular complexity index is 649. The van der Waals surface area contributed by atoms with Gasteiger partial charge in [0.25, 0.3) is 0 Å². The van der Waals surface area contributed by atoms with Crippen molar-refractivity contribution in [3.63, 3.8) is 0 Å². The predicted molar refractivity (Wildman–Crippen MR) is 88.7 cm³/mol. The first-order valence-corrected chi connectivity index (χ1v) is 7.86. The zero-order valence-electron chi connectivity index (χ0n) is 13.5. The molecule has 4 heteroatoms. The maximum absolute atomic E-state index is 5.34. The molecule has 2 heterocycles. The van der Waals surface area contributed by atoms with Crippen molar-refractivity contribution >= 4 is 5.82 Å². The van der Waals surface area contributed by atoms with Gasteiger partial charge >= 0.3 is 0 Å². The molecule has 0 amide bonds. The second-order valence-electron chi connectivity index (χ2n) is 5.96. The molecule has 0 bridgehead atoms. The Labute approximate surface area is 132 Å². The molecular formula is C18H23N3O. The molecule has 0 aliphatic carbocycles. The van der Waals surface area contributed by atoms with E-state index in [9.17, 15) is 0 Å². The maximum atomic E-state index is 5.34. The third-order valence-electron chi connectivity index (χ3n) is 4.41. The number of aromatic nitrogens is 2. The number of nitrogens with zero attached hydrogens (tertiary/aromatic N) is 3. The first-order valence-electron chi connectivity index (χ1n) is 7.86. The van der Waals surface area contributed by atoms with E-state index >= 15 is 0 Å². The molecule has 1 saturated heterocycles. The number of rotatable bonds is 3. The summed E-state index contributed by atoms with van der Waals surface area (Å²) in [6, 6.07) is 8.46. The highest BCUT2D eigenvalue weighted by Crippen LogP contribution is 2.32. The predicted octanol–water partition coefficient (Wildman–Crippen LogP) is 3.49. The number of piperidine rings is 1. The van der Waals surface area contributed by atoms with Gasteiger partial charge in [-0.25, -0.2) is 4.98 Å². The van der Waals surface area contributed by atoms with Crippen LogP contribution in [0.5, 0.6) is 5.75 Å². The van der Waals surface area contributed by atoms with Crippen LogP contribution in [0.15, 0.2) is 30.5 Å². The molecule has 22 heavy (non-hydrogen) atoms. The molecule has 0 atom stereocenters. The Kier molecular flexibility index (Phi) is 4.27. The van der Waals surface area contributed by atoms with Crippen LogP contribution in [0, 0.1) is 13.8 Å². The standard InChI is InChI=1S/C18H23N3O/c1-13-12-19-14(2)18(20-13)21-9-7-15(8-10-21)16-5-4-6-17(11-16)22-3/h4-6,11-12,15H,7-10H2,1-3H3. The minimum Gasteiger partial charge on any atom is -0.497 e. The van der Waals surface area contributed by atoms with Crippen LogP contribution in [0.4, 0.5) is 5.82 Å². The largest absolute Gasteiger partial charge is 0.497 e. The van der Waals surface area contributed by atoms with Crippen molar-refractivity contribution in [1.82, 2.24) is 9.97 Å². The summed E-state index contributed by atoms with van der Waals surface area (Å²) in [5.74, 6) is 2.59. The molecule has 0 N–H and O–H groups in total. The summed E-state index contributed by atoms with van der Waals surface area (Å²) in [6.07, 6.45) is 4.12. The lowest BCUT2D eigenvalue weighted by Gasteiger charge is -2.33. The summed E-state index contributed by atoms with van der Waals surface area (Å²) in [5.41, 5.74) is 3.38. The molecule has 1 aliphatic heterocycles. The minimum absolute atomic E-state index is 0.601. The molecule has 2 aromatic rings. The average Bonchev–Trinajstić information content (AvgIpc) is 2.57. The zero-order chi connectivity index (χ0) is 15.5. The van der Waals surface area contributed by atoms with Crippen molar-refractivity contribution in [3.8, 4) is 5.75 Å². The molecule has 0 radical (unpaired) electrons. The van der Waals surface area contributed by atoms with E-state index in [1.165, 1.54) is 5.56 Å². The van der Waals surface area contributed by atoms with Crippen molar-refractivity contribution in [3.05, 3.63) is 47.4 Å². The Balaban J connectivity index is 1.71. The van der Waals surface area contributed by atoms with E-state index in [4.69, 9.17) is 4.74 Å². The van der Waals surface area contributed by atoms with Gasteiger partial charge in [-0.1, -0.05) is 12.1 Å². The second-order valence-corrected chi connectivity index (χ2v) is 5.96. The van der Waals surface area contributed by atoms with E-state index in [2.05, 4.69) is 33.1 Å². The van der Waals surface area contributed by atoms with Crippen LogP contribution in [0.2, 0.25) is 0 Å². The lowest BCUT2D eigenvalue weighted by molar-refractivity contribution is 0.412. The van der Waals surface area contributed by atoms with Gasteiger partial charge in [-0.2, -0.15) is 0 Å². The number of hydrogen-bond donors (Lipinski definition) is 0. The van der Waals surface area contributed by atoms with Crippen LogP contribution in [0.1, 0.15) is 35.7 Å². The Morgan fingerprint density at radius 2 is 1.95 bits per heavy atom. The van der Waals surface area contributed by atoms with E-state index in [0.29, 0.717) is 5.92 Å². The lowest BCUT2D eigenvalue weighted by atomic mass is 9.89. The summed E-state index contributed by atoms with van der Waals surface area (Å²) in [7, 11) is 1.72. The Morgan fingerprint density at radius 1 is 1.18 bits per heavy atom. The number of benzene rings is 1. The fourth-order valence-corrected chi connectivity index (χ4v) is 3.14. The smallest absolute Gasteiger partial charge is 0.150 e. The van der Waals surface area contributed by atoms with Crippen molar-refractivity contribution in [2.75, 3.05) is 25.1 Å². The third-order valence-corrected chi connectivity index (χ3v) is 4.41. The highest BCUT2D eigenvalue weighted by molar-refractivity contribution is 5.44. The second kappa shape index (κ2) is 6.34. The van der Waals surface area contributed by atoms with Gasteiger partial charge in [0, 0.05) is 19.3 Å². The first kappa shape index (κ1) is 14.8. The summed E-state index contributed by atoms with van der Waals surface area (Å²) < 4.78 is 5.34. The van der Waals surface area contributed by atoms with Gasteiger partial charge in [-0.3, -0.25) is 4.98 Å². The van der Waals surface area contributed by atoms with Crippen molar-refractivity contribution in [1.29, 1.82) is 0 Å². The topological polar surface area (TPSA) is 38.2 Å². The Morgan fingerprint density at radius 3 is 2.68 bits per heavy atom. The molecule has 116 valence electrons. The van der Waals surface area contributed by atoms with E-state index in [1.807, 2.05) is 26.1 Å². The van der Waals surface area contributed by atoms with Gasteiger partial charge in [-0.05, 0) is 50.3 Å². The Hall–Kier alpha value is -2.10. The summed E-state index contributed by atoms with van der Waals surface area (Å²) in [6.45, 7) is 6.09. The van der Waals surface area contributed by atoms with E-state index in [1.54, 1.807) is 7.11 Å². The highest BCUT2D eigenvalue weighted by atomic mass is 16.5. The van der Waals surface area contributed by atoms with Gasteiger partial charge in [0.15, 0.2) is 0 Å². The van der Waals surface area contributed by atoms with E-state index in [0.717, 1.165) is 48.9 Å². The molecule has 0 spiro atoms. The quantitative estimate of drug-likeness (QED) is 0.869. The number of hydrogen-bond acceptors (Lipinski definition) is 4. The first-order chi connectivity index (χ1) is 10.7. The molecule has 0 saturated carbocycles. The molecule has 1 aromatic heterocycles. The summed E-state index contributed by atoms with van der Waals surface area (Å²) >= 11 is 0. The van der Waals surface area contributed by atoms with Crippen molar-refractivity contribution in [2.24, 2.45) is 0 Å². The summed E-state index contributed by atoms with van der Waals surface area (Å²) in [5, 5.41) is 0. The SMILES string of the molecule is COc1cccc(C2CCN(c3nc(C)cnc3C)CC2)c1. The normalized spacial score (nSPS) is 15.9. The molecule has 1 fully saturated rings. The van der Waals surface area contributed by atoms with Gasteiger partial charge in [0.2, 0.25) is 0 Å². The van der Waals surface area contributed by atoms with Crippen LogP contribution >= 0.6 is 0 Å². The minimum atomic E-state index is 0.601. The van der Waals surface area contributed by atoms with Crippen LogP contribution < -0.4 is 9.64 Å². The van der Waals surface area contributed by atoms with E-state index < -0.39 is 0 Å². The fourth-order valence-electron chi connectivity index (χ4n) is 3.14. The lowest BCUT2D eigenvalue weighted by Crippen LogP contribution is -2.34. The number of aryl methyl sites for hydroxylation is 2. The molecule has 1 aliphatic rings. The number of ether oxygens (including phenoxy) is 1. The number of methoxy groups -OCH3 is 1. The maximum Gasteiger partial charge on any atom is 0.150 e. The molecule has 3 rings (SSSR count). The van der Waals surface area contributed by atoms with Crippen LogP contribution in [-0.4, -0.2) is 30.2 Å². The molecule has 1 aromatic carbocycles. The molecule has 0 unspecified atom stereocenters. The van der Waals surface area contributed by atoms with Crippen LogP contribution in [0.25, 0.3) is 0 Å². The average molecular weight is 297 g/mol. The van der Waals surface area contributed by atoms with Crippen molar-refractivity contribution in [2.45, 2.75) is 32.6 Å². The molecule has 4 nitrogen and oxygen atoms in total. The number of anilines is 1. The van der Waals surface area contributed by atoms with Gasteiger partial charge < -0.3 is 9.64 Å². The summed E-state index contributed by atoms with van der Waals surface area (Å²) in [4.78, 5) is 11.5. The highest BCUT2D eigenvalue weighted by Gasteiger charge is 2.23. The van der Waals surface area contributed by atoms with Crippen LogP contribution in [-0.2, 0) is 0 Å². The van der Waals surface area contributed by atoms with Gasteiger partial charge in [-0.15, -0.1) is 0 Å².